The normalized spacial score (nSPS) is 12.0. The van der Waals surface area contributed by atoms with Crippen molar-refractivity contribution in [1.82, 2.24) is 0 Å². The van der Waals surface area contributed by atoms with Crippen molar-refractivity contribution in [2.45, 2.75) is 19.1 Å². The van der Waals surface area contributed by atoms with Crippen molar-refractivity contribution in [2.75, 3.05) is 0 Å². The van der Waals surface area contributed by atoms with Gasteiger partial charge in [-0.1, -0.05) is 18.2 Å². The van der Waals surface area contributed by atoms with Crippen LogP contribution in [0.25, 0.3) is 6.08 Å². The Labute approximate surface area is 154 Å². The summed E-state index contributed by atoms with van der Waals surface area (Å²) < 4.78 is 4.92. The topological polar surface area (TPSA) is 145 Å². The first kappa shape index (κ1) is 19.8. The molecule has 0 aliphatic heterocycles. The van der Waals surface area contributed by atoms with Gasteiger partial charge in [0, 0.05) is 18.1 Å². The summed E-state index contributed by atoms with van der Waals surface area (Å²) in [4.78, 5) is 23.2. The van der Waals surface area contributed by atoms with Crippen LogP contribution in [-0.4, -0.2) is 43.6 Å². The van der Waals surface area contributed by atoms with Gasteiger partial charge in [0.2, 0.25) is 6.10 Å². The molecule has 0 bridgehead atoms. The van der Waals surface area contributed by atoms with Gasteiger partial charge in [-0.25, -0.2) is 9.59 Å². The molecule has 27 heavy (non-hydrogen) atoms. The quantitative estimate of drug-likeness (QED) is 0.279. The largest absolute Gasteiger partial charge is 0.508 e. The number of esters is 1. The van der Waals surface area contributed by atoms with Crippen LogP contribution in [-0.2, 0) is 27.4 Å². The Balaban J connectivity index is 2.05. The van der Waals surface area contributed by atoms with Crippen molar-refractivity contribution in [3.8, 4) is 17.2 Å². The summed E-state index contributed by atoms with van der Waals surface area (Å²) in [5.41, 5.74) is 1.11. The lowest BCUT2D eigenvalue weighted by Crippen LogP contribution is -2.28. The predicted octanol–water partition coefficient (Wildman–Crippen LogP) is 1.55. The molecule has 142 valence electrons. The number of hydrogen-bond acceptors (Lipinski definition) is 7. The van der Waals surface area contributed by atoms with Crippen molar-refractivity contribution in [1.29, 1.82) is 0 Å². The second-order valence-electron chi connectivity index (χ2n) is 5.67. The van der Waals surface area contributed by atoms with E-state index in [0.717, 1.165) is 6.08 Å². The third-order valence-electron chi connectivity index (χ3n) is 3.69. The third kappa shape index (κ3) is 5.48. The molecule has 0 fully saturated rings. The SMILES string of the molecule is O=C(/C=C/c1ccc(O)c(O)c1)OC(Cc1ccc(CO)c(O)c1)C(=O)O. The first-order chi connectivity index (χ1) is 12.8. The number of aliphatic hydroxyl groups is 1. The minimum Gasteiger partial charge on any atom is -0.508 e. The molecular weight excluding hydrogens is 356 g/mol. The summed E-state index contributed by atoms with van der Waals surface area (Å²) in [5, 5.41) is 46.6. The number of carboxylic acid groups (broad SMARTS) is 1. The van der Waals surface area contributed by atoms with E-state index in [-0.39, 0.29) is 30.3 Å². The third-order valence-corrected chi connectivity index (χ3v) is 3.69. The summed E-state index contributed by atoms with van der Waals surface area (Å²) in [6, 6.07) is 8.16. The fourth-order valence-corrected chi connectivity index (χ4v) is 2.25. The van der Waals surface area contributed by atoms with Gasteiger partial charge in [-0.2, -0.15) is 0 Å². The summed E-state index contributed by atoms with van der Waals surface area (Å²) in [6.07, 6.45) is 0.639. The lowest BCUT2D eigenvalue weighted by molar-refractivity contribution is -0.160. The van der Waals surface area contributed by atoms with Crippen LogP contribution in [0.5, 0.6) is 17.2 Å². The van der Waals surface area contributed by atoms with Crippen molar-refractivity contribution in [3.63, 3.8) is 0 Å². The van der Waals surface area contributed by atoms with Gasteiger partial charge in [-0.15, -0.1) is 0 Å². The molecule has 0 radical (unpaired) electrons. The lowest BCUT2D eigenvalue weighted by Gasteiger charge is -2.13. The first-order valence-corrected chi connectivity index (χ1v) is 7.85. The van der Waals surface area contributed by atoms with Gasteiger partial charge in [-0.3, -0.25) is 0 Å². The average molecular weight is 374 g/mol. The zero-order valence-corrected chi connectivity index (χ0v) is 14.1. The second kappa shape index (κ2) is 8.72. The molecule has 0 heterocycles. The molecule has 2 aromatic carbocycles. The Morgan fingerprint density at radius 2 is 1.74 bits per heavy atom. The fraction of sp³-hybridized carbons (Fsp3) is 0.158. The number of aromatic hydroxyl groups is 3. The summed E-state index contributed by atoms with van der Waals surface area (Å²) in [7, 11) is 0. The highest BCUT2D eigenvalue weighted by Crippen LogP contribution is 2.25. The van der Waals surface area contributed by atoms with E-state index in [0.29, 0.717) is 16.7 Å². The molecule has 0 aliphatic carbocycles. The van der Waals surface area contributed by atoms with Crippen LogP contribution in [0.1, 0.15) is 16.7 Å². The summed E-state index contributed by atoms with van der Waals surface area (Å²) >= 11 is 0. The average Bonchev–Trinajstić information content (AvgIpc) is 2.62. The Morgan fingerprint density at radius 1 is 1.00 bits per heavy atom. The molecule has 1 atom stereocenters. The molecule has 1 unspecified atom stereocenters. The van der Waals surface area contributed by atoms with E-state index >= 15 is 0 Å². The maximum absolute atomic E-state index is 11.9. The van der Waals surface area contributed by atoms with Crippen molar-refractivity contribution in [2.24, 2.45) is 0 Å². The number of aliphatic hydroxyl groups excluding tert-OH is 1. The molecule has 0 saturated heterocycles. The molecule has 0 saturated carbocycles. The molecule has 2 rings (SSSR count). The maximum atomic E-state index is 11.9. The van der Waals surface area contributed by atoms with Gasteiger partial charge in [0.1, 0.15) is 5.75 Å². The van der Waals surface area contributed by atoms with Crippen LogP contribution < -0.4 is 0 Å². The van der Waals surface area contributed by atoms with Crippen LogP contribution in [0.2, 0.25) is 0 Å². The van der Waals surface area contributed by atoms with Gasteiger partial charge < -0.3 is 30.3 Å². The van der Waals surface area contributed by atoms with Gasteiger partial charge in [-0.05, 0) is 35.4 Å². The van der Waals surface area contributed by atoms with Crippen molar-refractivity contribution < 1.29 is 39.9 Å². The smallest absolute Gasteiger partial charge is 0.345 e. The number of carbonyl (C=O) groups excluding carboxylic acids is 1. The molecule has 0 amide bonds. The van der Waals surface area contributed by atoms with Gasteiger partial charge in [0.05, 0.1) is 6.61 Å². The van der Waals surface area contributed by atoms with E-state index in [1.807, 2.05) is 0 Å². The first-order valence-electron chi connectivity index (χ1n) is 7.85. The maximum Gasteiger partial charge on any atom is 0.345 e. The highest BCUT2D eigenvalue weighted by atomic mass is 16.6. The monoisotopic (exact) mass is 374 g/mol. The molecular formula is C19H18O8. The molecule has 0 aliphatic rings. The molecule has 8 nitrogen and oxygen atoms in total. The van der Waals surface area contributed by atoms with Crippen molar-refractivity contribution >= 4 is 18.0 Å². The van der Waals surface area contributed by atoms with Crippen LogP contribution in [0.4, 0.5) is 0 Å². The zero-order chi connectivity index (χ0) is 20.0. The number of ether oxygens (including phenoxy) is 1. The fourth-order valence-electron chi connectivity index (χ4n) is 2.25. The van der Waals surface area contributed by atoms with E-state index in [9.17, 15) is 30.0 Å². The minimum absolute atomic E-state index is 0.172. The molecule has 2 aromatic rings. The van der Waals surface area contributed by atoms with Crippen LogP contribution in [0.3, 0.4) is 0 Å². The number of aliphatic carboxylic acids is 1. The van der Waals surface area contributed by atoms with E-state index < -0.39 is 18.0 Å². The van der Waals surface area contributed by atoms with Crippen LogP contribution in [0, 0.1) is 0 Å². The minimum atomic E-state index is -1.48. The number of phenols is 3. The number of hydrogen-bond donors (Lipinski definition) is 5. The van der Waals surface area contributed by atoms with E-state index in [4.69, 9.17) is 9.84 Å². The highest BCUT2D eigenvalue weighted by Gasteiger charge is 2.22. The number of rotatable bonds is 7. The summed E-state index contributed by atoms with van der Waals surface area (Å²) in [6.45, 7) is -0.360. The van der Waals surface area contributed by atoms with Gasteiger partial charge in [0.15, 0.2) is 11.5 Å². The standard InChI is InChI=1S/C19H18O8/c20-10-13-4-1-12(8-15(13)22)9-17(19(25)26)27-18(24)6-3-11-2-5-14(21)16(23)7-11/h1-8,17,20-23H,9-10H2,(H,25,26)/b6-3+. The molecule has 5 N–H and O–H groups in total. The van der Waals surface area contributed by atoms with Gasteiger partial charge >= 0.3 is 11.9 Å². The zero-order valence-electron chi connectivity index (χ0n) is 14.1. The summed E-state index contributed by atoms with van der Waals surface area (Å²) in [5.74, 6) is -3.12. The Hall–Kier alpha value is -3.52. The Morgan fingerprint density at radius 3 is 2.33 bits per heavy atom. The number of carbonyl (C=O) groups is 2. The number of carboxylic acids is 1. The lowest BCUT2D eigenvalue weighted by atomic mass is 10.0. The predicted molar refractivity (Wildman–Crippen MR) is 94.1 cm³/mol. The van der Waals surface area contributed by atoms with Crippen molar-refractivity contribution in [3.05, 3.63) is 59.2 Å². The Kier molecular flexibility index (Phi) is 6.40. The van der Waals surface area contributed by atoms with E-state index in [1.165, 1.54) is 42.5 Å². The van der Waals surface area contributed by atoms with Crippen LogP contribution >= 0.6 is 0 Å². The number of phenolic OH excluding ortho intramolecular Hbond substituents is 2. The van der Waals surface area contributed by atoms with Gasteiger partial charge in [0.25, 0.3) is 0 Å². The highest BCUT2D eigenvalue weighted by molar-refractivity contribution is 5.89. The molecule has 0 spiro atoms. The second-order valence-corrected chi connectivity index (χ2v) is 5.67. The number of benzene rings is 2. The Bertz CT molecular complexity index is 872. The van der Waals surface area contributed by atoms with Crippen LogP contribution in [0.15, 0.2) is 42.5 Å². The van der Waals surface area contributed by atoms with E-state index in [1.54, 1.807) is 0 Å². The molecule has 8 heteroatoms. The van der Waals surface area contributed by atoms with E-state index in [2.05, 4.69) is 0 Å². The molecule has 0 aromatic heterocycles.